The molecule has 0 aromatic heterocycles. The molecule has 1 atom stereocenters. The summed E-state index contributed by atoms with van der Waals surface area (Å²) >= 11 is 3.32. The molecule has 0 bridgehead atoms. The highest BCUT2D eigenvalue weighted by atomic mass is 79.9. The highest BCUT2D eigenvalue weighted by molar-refractivity contribution is 9.10. The Bertz CT molecular complexity index is 687. The van der Waals surface area contributed by atoms with E-state index in [1.807, 2.05) is 0 Å². The van der Waals surface area contributed by atoms with Gasteiger partial charge in [0.25, 0.3) is 0 Å². The van der Waals surface area contributed by atoms with E-state index in [0.717, 1.165) is 0 Å². The SMILES string of the molecule is CCOC(=O)C1=C(C)NC(=O)NC1c1cc(Br)cc(OC)c1O. The number of aromatic hydroxyl groups is 1. The topological polar surface area (TPSA) is 96.9 Å². The van der Waals surface area contributed by atoms with Crippen LogP contribution in [0.1, 0.15) is 25.5 Å². The Kier molecular flexibility index (Phi) is 5.15. The van der Waals surface area contributed by atoms with Gasteiger partial charge in [0.15, 0.2) is 11.5 Å². The lowest BCUT2D eigenvalue weighted by Crippen LogP contribution is -2.45. The smallest absolute Gasteiger partial charge is 0.338 e. The molecule has 1 heterocycles. The van der Waals surface area contributed by atoms with Gasteiger partial charge < -0.3 is 25.2 Å². The van der Waals surface area contributed by atoms with Crippen molar-refractivity contribution in [2.45, 2.75) is 19.9 Å². The molecular formula is C15H17BrN2O5. The Balaban J connectivity index is 2.59. The molecule has 2 amide bonds. The third-order valence-corrected chi connectivity index (χ3v) is 3.82. The summed E-state index contributed by atoms with van der Waals surface area (Å²) in [5.74, 6) is -0.499. The van der Waals surface area contributed by atoms with Crippen molar-refractivity contribution in [2.24, 2.45) is 0 Å². The summed E-state index contributed by atoms with van der Waals surface area (Å²) in [5, 5.41) is 15.5. The average molecular weight is 385 g/mol. The van der Waals surface area contributed by atoms with Crippen LogP contribution in [0.3, 0.4) is 0 Å². The van der Waals surface area contributed by atoms with Crippen LogP contribution in [-0.2, 0) is 9.53 Å². The van der Waals surface area contributed by atoms with Crippen LogP contribution in [0.25, 0.3) is 0 Å². The summed E-state index contributed by atoms with van der Waals surface area (Å²) in [6.07, 6.45) is 0. The highest BCUT2D eigenvalue weighted by Crippen LogP contribution is 2.40. The van der Waals surface area contributed by atoms with E-state index in [-0.39, 0.29) is 23.7 Å². The fraction of sp³-hybridized carbons (Fsp3) is 0.333. The van der Waals surface area contributed by atoms with E-state index in [4.69, 9.17) is 9.47 Å². The summed E-state index contributed by atoms with van der Waals surface area (Å²) in [5.41, 5.74) is 0.922. The van der Waals surface area contributed by atoms with E-state index in [1.54, 1.807) is 26.0 Å². The number of allylic oxidation sites excluding steroid dienone is 1. The highest BCUT2D eigenvalue weighted by Gasteiger charge is 2.34. The predicted octanol–water partition coefficient (Wildman–Crippen LogP) is 2.35. The molecule has 0 fully saturated rings. The molecule has 0 saturated carbocycles. The molecule has 8 heteroatoms. The number of benzene rings is 1. The van der Waals surface area contributed by atoms with Gasteiger partial charge in [-0.15, -0.1) is 0 Å². The monoisotopic (exact) mass is 384 g/mol. The van der Waals surface area contributed by atoms with Gasteiger partial charge in [0, 0.05) is 15.7 Å². The number of nitrogens with one attached hydrogen (secondary N) is 2. The molecule has 1 aliphatic heterocycles. The number of carbonyl (C=O) groups is 2. The van der Waals surface area contributed by atoms with E-state index < -0.39 is 18.0 Å². The van der Waals surface area contributed by atoms with Crippen LogP contribution >= 0.6 is 15.9 Å². The van der Waals surface area contributed by atoms with Gasteiger partial charge in [0.05, 0.1) is 25.3 Å². The van der Waals surface area contributed by atoms with E-state index in [9.17, 15) is 14.7 Å². The van der Waals surface area contributed by atoms with Crippen molar-refractivity contribution in [3.05, 3.63) is 33.4 Å². The number of esters is 1. The van der Waals surface area contributed by atoms with Gasteiger partial charge in [-0.2, -0.15) is 0 Å². The number of ether oxygens (including phenoxy) is 2. The van der Waals surface area contributed by atoms with Gasteiger partial charge in [0.1, 0.15) is 0 Å². The summed E-state index contributed by atoms with van der Waals surface area (Å²) in [4.78, 5) is 24.1. The molecule has 1 aromatic rings. The number of hydrogen-bond acceptors (Lipinski definition) is 5. The maximum absolute atomic E-state index is 12.3. The van der Waals surface area contributed by atoms with E-state index in [2.05, 4.69) is 26.6 Å². The first-order valence-corrected chi connectivity index (χ1v) is 7.70. The summed E-state index contributed by atoms with van der Waals surface area (Å²) < 4.78 is 10.8. The van der Waals surface area contributed by atoms with Crippen LogP contribution in [0.5, 0.6) is 11.5 Å². The molecule has 0 spiro atoms. The molecule has 2 rings (SSSR count). The quantitative estimate of drug-likeness (QED) is 0.692. The number of rotatable bonds is 4. The second-order valence-electron chi connectivity index (χ2n) is 4.84. The minimum atomic E-state index is -0.853. The minimum absolute atomic E-state index is 0.155. The normalized spacial score (nSPS) is 17.4. The molecule has 1 aliphatic rings. The lowest BCUT2D eigenvalue weighted by atomic mass is 9.94. The number of amides is 2. The number of methoxy groups -OCH3 is 1. The third-order valence-electron chi connectivity index (χ3n) is 3.36. The van der Waals surface area contributed by atoms with Crippen molar-refractivity contribution in [1.82, 2.24) is 10.6 Å². The van der Waals surface area contributed by atoms with Crippen LogP contribution in [0.2, 0.25) is 0 Å². The van der Waals surface area contributed by atoms with Gasteiger partial charge in [0.2, 0.25) is 0 Å². The number of phenolic OH excluding ortho intramolecular Hbond substituents is 1. The number of carbonyl (C=O) groups excluding carboxylic acids is 2. The first-order valence-electron chi connectivity index (χ1n) is 6.90. The third kappa shape index (κ3) is 3.42. The molecular weight excluding hydrogens is 368 g/mol. The number of phenols is 1. The van der Waals surface area contributed by atoms with Crippen molar-refractivity contribution in [1.29, 1.82) is 0 Å². The zero-order valence-electron chi connectivity index (χ0n) is 12.9. The maximum atomic E-state index is 12.3. The number of urea groups is 1. The molecule has 0 aliphatic carbocycles. The molecule has 124 valence electrons. The predicted molar refractivity (Wildman–Crippen MR) is 86.1 cm³/mol. The van der Waals surface area contributed by atoms with E-state index >= 15 is 0 Å². The summed E-state index contributed by atoms with van der Waals surface area (Å²) in [6.45, 7) is 3.49. The van der Waals surface area contributed by atoms with Gasteiger partial charge in [-0.25, -0.2) is 9.59 Å². The first kappa shape index (κ1) is 17.1. The van der Waals surface area contributed by atoms with E-state index in [0.29, 0.717) is 15.7 Å². The Labute approximate surface area is 141 Å². The molecule has 1 aromatic carbocycles. The summed E-state index contributed by atoms with van der Waals surface area (Å²) in [7, 11) is 1.42. The van der Waals surface area contributed by atoms with Crippen LogP contribution in [-0.4, -0.2) is 30.8 Å². The fourth-order valence-corrected chi connectivity index (χ4v) is 2.83. The van der Waals surface area contributed by atoms with Gasteiger partial charge >= 0.3 is 12.0 Å². The largest absolute Gasteiger partial charge is 0.504 e. The minimum Gasteiger partial charge on any atom is -0.504 e. The Morgan fingerprint density at radius 3 is 2.74 bits per heavy atom. The fourth-order valence-electron chi connectivity index (χ4n) is 2.38. The average Bonchev–Trinajstić information content (AvgIpc) is 2.48. The molecule has 7 nitrogen and oxygen atoms in total. The van der Waals surface area contributed by atoms with Crippen LogP contribution < -0.4 is 15.4 Å². The molecule has 23 heavy (non-hydrogen) atoms. The maximum Gasteiger partial charge on any atom is 0.338 e. The van der Waals surface area contributed by atoms with Crippen molar-refractivity contribution >= 4 is 27.9 Å². The summed E-state index contributed by atoms with van der Waals surface area (Å²) in [6, 6.07) is 1.87. The van der Waals surface area contributed by atoms with Crippen molar-refractivity contribution in [3.63, 3.8) is 0 Å². The van der Waals surface area contributed by atoms with Crippen LogP contribution in [0, 0.1) is 0 Å². The van der Waals surface area contributed by atoms with Crippen molar-refractivity contribution in [2.75, 3.05) is 13.7 Å². The van der Waals surface area contributed by atoms with Crippen molar-refractivity contribution < 1.29 is 24.2 Å². The number of halogens is 1. The Morgan fingerprint density at radius 1 is 1.43 bits per heavy atom. The second kappa shape index (κ2) is 6.91. The molecule has 0 saturated heterocycles. The van der Waals surface area contributed by atoms with Crippen LogP contribution in [0.15, 0.2) is 27.9 Å². The van der Waals surface area contributed by atoms with Crippen molar-refractivity contribution in [3.8, 4) is 11.5 Å². The zero-order chi connectivity index (χ0) is 17.1. The first-order chi connectivity index (χ1) is 10.9. The second-order valence-corrected chi connectivity index (χ2v) is 5.75. The molecule has 0 radical (unpaired) electrons. The lowest BCUT2D eigenvalue weighted by molar-refractivity contribution is -0.139. The van der Waals surface area contributed by atoms with Crippen LogP contribution in [0.4, 0.5) is 4.79 Å². The molecule has 3 N–H and O–H groups in total. The lowest BCUT2D eigenvalue weighted by Gasteiger charge is -2.28. The Hall–Kier alpha value is -2.22. The van der Waals surface area contributed by atoms with Gasteiger partial charge in [-0.1, -0.05) is 15.9 Å². The standard InChI is InChI=1S/C15H17BrN2O5/c1-4-23-14(20)11-7(2)17-15(21)18-12(11)9-5-8(16)6-10(22-3)13(9)19/h5-6,12,19H,4H2,1-3H3,(H2,17,18,21). The van der Waals surface area contributed by atoms with Gasteiger partial charge in [-0.3, -0.25) is 0 Å². The van der Waals surface area contributed by atoms with E-state index in [1.165, 1.54) is 7.11 Å². The molecule has 1 unspecified atom stereocenters. The Morgan fingerprint density at radius 2 is 2.13 bits per heavy atom. The number of hydrogen-bond donors (Lipinski definition) is 3. The van der Waals surface area contributed by atoms with Gasteiger partial charge in [-0.05, 0) is 26.0 Å². The zero-order valence-corrected chi connectivity index (χ0v) is 14.5.